The molecule has 2 rings (SSSR count). The molecule has 1 N–H and O–H groups in total. The Morgan fingerprint density at radius 1 is 1.43 bits per heavy atom. The van der Waals surface area contributed by atoms with E-state index in [1.54, 1.807) is 0 Å². The Hall–Kier alpha value is -1.77. The van der Waals surface area contributed by atoms with Gasteiger partial charge in [0.2, 0.25) is 0 Å². The molecule has 0 amide bonds. The summed E-state index contributed by atoms with van der Waals surface area (Å²) < 4.78 is 0. The maximum atomic E-state index is 10.6. The fourth-order valence-electron chi connectivity index (χ4n) is 1.63. The van der Waals surface area contributed by atoms with Gasteiger partial charge in [0.15, 0.2) is 0 Å². The molecular weight excluding hydrogens is 178 g/mol. The lowest BCUT2D eigenvalue weighted by molar-refractivity contribution is -0.135. The number of benzene rings is 1. The average Bonchev–Trinajstić information content (AvgIpc) is 2.18. The Morgan fingerprint density at radius 3 is 3.00 bits per heavy atom. The Labute approximate surface area is 82.3 Å². The highest BCUT2D eigenvalue weighted by Gasteiger charge is 2.14. The van der Waals surface area contributed by atoms with E-state index < -0.39 is 5.97 Å². The monoisotopic (exact) mass is 189 g/mol. The van der Waals surface area contributed by atoms with Crippen LogP contribution >= 0.6 is 0 Å². The molecule has 0 aliphatic carbocycles. The van der Waals surface area contributed by atoms with Gasteiger partial charge in [0.25, 0.3) is 0 Å². The zero-order valence-electron chi connectivity index (χ0n) is 7.68. The van der Waals surface area contributed by atoms with Crippen LogP contribution in [0.3, 0.4) is 0 Å². The first-order valence-electron chi connectivity index (χ1n) is 4.49. The van der Waals surface area contributed by atoms with Crippen LogP contribution in [0.5, 0.6) is 0 Å². The summed E-state index contributed by atoms with van der Waals surface area (Å²) in [7, 11) is 0. The van der Waals surface area contributed by atoms with Gasteiger partial charge in [-0.3, -0.25) is 4.79 Å². The van der Waals surface area contributed by atoms with E-state index >= 15 is 0 Å². The second kappa shape index (κ2) is 3.54. The predicted octanol–water partition coefficient (Wildman–Crippen LogP) is 1.60. The van der Waals surface area contributed by atoms with E-state index in [1.165, 1.54) is 0 Å². The number of nitrogens with zero attached hydrogens (tertiary/aromatic N) is 1. The zero-order chi connectivity index (χ0) is 9.97. The van der Waals surface area contributed by atoms with Crippen LogP contribution in [0.1, 0.15) is 5.56 Å². The third-order valence-corrected chi connectivity index (χ3v) is 2.23. The molecule has 0 aromatic heterocycles. The highest BCUT2D eigenvalue weighted by atomic mass is 16.4. The van der Waals surface area contributed by atoms with Crippen molar-refractivity contribution in [3.8, 4) is 0 Å². The van der Waals surface area contributed by atoms with Crippen LogP contribution in [0.25, 0.3) is 6.08 Å². The van der Waals surface area contributed by atoms with E-state index in [1.807, 2.05) is 41.3 Å². The second-order valence-electron chi connectivity index (χ2n) is 3.24. The third kappa shape index (κ3) is 1.62. The van der Waals surface area contributed by atoms with Crippen molar-refractivity contribution in [3.63, 3.8) is 0 Å². The van der Waals surface area contributed by atoms with Crippen LogP contribution in [-0.2, 0) is 4.79 Å². The number of fused-ring (bicyclic) bond motifs is 1. The van der Waals surface area contributed by atoms with Gasteiger partial charge in [0.05, 0.1) is 0 Å². The number of carboxylic acid groups (broad SMARTS) is 1. The summed E-state index contributed by atoms with van der Waals surface area (Å²) in [5, 5.41) is 8.73. The summed E-state index contributed by atoms with van der Waals surface area (Å²) in [5.74, 6) is -0.796. The fourth-order valence-corrected chi connectivity index (χ4v) is 1.63. The van der Waals surface area contributed by atoms with Crippen molar-refractivity contribution in [1.82, 2.24) is 0 Å². The molecule has 0 saturated carbocycles. The number of carboxylic acids is 1. The maximum absolute atomic E-state index is 10.6. The molecule has 3 nitrogen and oxygen atoms in total. The Morgan fingerprint density at radius 2 is 2.21 bits per heavy atom. The van der Waals surface area contributed by atoms with Gasteiger partial charge in [-0.15, -0.1) is 0 Å². The van der Waals surface area contributed by atoms with Crippen molar-refractivity contribution >= 4 is 17.7 Å². The predicted molar refractivity (Wildman–Crippen MR) is 55.3 cm³/mol. The van der Waals surface area contributed by atoms with E-state index in [2.05, 4.69) is 0 Å². The van der Waals surface area contributed by atoms with Gasteiger partial charge in [-0.1, -0.05) is 30.4 Å². The standard InChI is InChI=1S/C11H11NO2/c13-11(14)8-12-7-3-5-9-4-1-2-6-10(9)12/h1-6H,7-8H2,(H,13,14). The molecule has 1 aliphatic rings. The summed E-state index contributed by atoms with van der Waals surface area (Å²) in [4.78, 5) is 12.5. The first-order valence-corrected chi connectivity index (χ1v) is 4.49. The molecule has 72 valence electrons. The van der Waals surface area contributed by atoms with Crippen LogP contribution < -0.4 is 4.90 Å². The smallest absolute Gasteiger partial charge is 0.323 e. The van der Waals surface area contributed by atoms with Gasteiger partial charge in [-0.25, -0.2) is 0 Å². The Balaban J connectivity index is 2.31. The van der Waals surface area contributed by atoms with Crippen molar-refractivity contribution < 1.29 is 9.90 Å². The highest BCUT2D eigenvalue weighted by Crippen LogP contribution is 2.24. The van der Waals surface area contributed by atoms with Gasteiger partial charge in [0.1, 0.15) is 6.54 Å². The molecule has 1 aromatic rings. The number of rotatable bonds is 2. The average molecular weight is 189 g/mol. The molecule has 1 heterocycles. The van der Waals surface area contributed by atoms with Crippen molar-refractivity contribution in [1.29, 1.82) is 0 Å². The molecular formula is C11H11NO2. The summed E-state index contributed by atoms with van der Waals surface area (Å²) in [6.07, 6.45) is 4.00. The molecule has 14 heavy (non-hydrogen) atoms. The quantitative estimate of drug-likeness (QED) is 0.768. The summed E-state index contributed by atoms with van der Waals surface area (Å²) in [5.41, 5.74) is 2.08. The maximum Gasteiger partial charge on any atom is 0.323 e. The summed E-state index contributed by atoms with van der Waals surface area (Å²) >= 11 is 0. The minimum Gasteiger partial charge on any atom is -0.480 e. The van der Waals surface area contributed by atoms with Crippen molar-refractivity contribution in [2.75, 3.05) is 18.0 Å². The van der Waals surface area contributed by atoms with Crippen LogP contribution in [0.2, 0.25) is 0 Å². The van der Waals surface area contributed by atoms with Crippen LogP contribution in [0, 0.1) is 0 Å². The number of aliphatic carboxylic acids is 1. The van der Waals surface area contributed by atoms with Crippen molar-refractivity contribution in [2.24, 2.45) is 0 Å². The topological polar surface area (TPSA) is 40.5 Å². The van der Waals surface area contributed by atoms with E-state index in [-0.39, 0.29) is 6.54 Å². The highest BCUT2D eigenvalue weighted by molar-refractivity contribution is 5.78. The lowest BCUT2D eigenvalue weighted by Crippen LogP contribution is -2.31. The molecule has 0 radical (unpaired) electrons. The number of hydrogen-bond donors (Lipinski definition) is 1. The van der Waals surface area contributed by atoms with Crippen LogP contribution in [0.15, 0.2) is 30.3 Å². The van der Waals surface area contributed by atoms with Gasteiger partial charge in [-0.05, 0) is 11.6 Å². The fraction of sp³-hybridized carbons (Fsp3) is 0.182. The Kier molecular flexibility index (Phi) is 2.23. The molecule has 0 bridgehead atoms. The first-order chi connectivity index (χ1) is 6.77. The summed E-state index contributed by atoms with van der Waals surface area (Å²) in [6, 6.07) is 7.81. The number of anilines is 1. The molecule has 0 fully saturated rings. The molecule has 0 spiro atoms. The number of carbonyl (C=O) groups is 1. The van der Waals surface area contributed by atoms with E-state index in [0.717, 1.165) is 11.3 Å². The summed E-state index contributed by atoms with van der Waals surface area (Å²) in [6.45, 7) is 0.727. The first kappa shape index (κ1) is 8.81. The third-order valence-electron chi connectivity index (χ3n) is 2.23. The molecule has 0 saturated heterocycles. The normalized spacial score (nSPS) is 13.9. The second-order valence-corrected chi connectivity index (χ2v) is 3.24. The van der Waals surface area contributed by atoms with Gasteiger partial charge < -0.3 is 10.0 Å². The molecule has 1 aromatic carbocycles. The van der Waals surface area contributed by atoms with Crippen LogP contribution in [0.4, 0.5) is 5.69 Å². The van der Waals surface area contributed by atoms with Crippen molar-refractivity contribution in [3.05, 3.63) is 35.9 Å². The lowest BCUT2D eigenvalue weighted by atomic mass is 10.1. The zero-order valence-corrected chi connectivity index (χ0v) is 7.68. The number of hydrogen-bond acceptors (Lipinski definition) is 2. The molecule has 1 aliphatic heterocycles. The SMILES string of the molecule is O=C(O)CN1CC=Cc2ccccc21. The van der Waals surface area contributed by atoms with Crippen LogP contribution in [-0.4, -0.2) is 24.2 Å². The van der Waals surface area contributed by atoms with Gasteiger partial charge >= 0.3 is 5.97 Å². The van der Waals surface area contributed by atoms with Crippen molar-refractivity contribution in [2.45, 2.75) is 0 Å². The minimum absolute atomic E-state index is 0.0569. The largest absolute Gasteiger partial charge is 0.480 e. The van der Waals surface area contributed by atoms with E-state index in [4.69, 9.17) is 5.11 Å². The van der Waals surface area contributed by atoms with E-state index in [9.17, 15) is 4.79 Å². The Bertz CT molecular complexity index is 385. The lowest BCUT2D eigenvalue weighted by Gasteiger charge is -2.26. The molecule has 0 atom stereocenters. The number of para-hydroxylation sites is 1. The van der Waals surface area contributed by atoms with Gasteiger partial charge in [0, 0.05) is 12.2 Å². The molecule has 3 heteroatoms. The molecule has 0 unspecified atom stereocenters. The van der Waals surface area contributed by atoms with E-state index in [0.29, 0.717) is 6.54 Å². The minimum atomic E-state index is -0.796. The van der Waals surface area contributed by atoms with Gasteiger partial charge in [-0.2, -0.15) is 0 Å².